The summed E-state index contributed by atoms with van der Waals surface area (Å²) in [5, 5.41) is 9.44. The first kappa shape index (κ1) is 13.7. The fraction of sp³-hybridized carbons (Fsp3) is 0.615. The Morgan fingerprint density at radius 3 is 2.89 bits per heavy atom. The minimum atomic E-state index is -1.10. The molecule has 0 aromatic carbocycles. The average Bonchev–Trinajstić information content (AvgIpc) is 2.40. The fourth-order valence-electron chi connectivity index (χ4n) is 2.51. The number of nitrogens with zero attached hydrogens (tertiary/aromatic N) is 3. The number of carbonyl (C=O) groups is 1. The second kappa shape index (κ2) is 5.11. The molecule has 0 spiro atoms. The van der Waals surface area contributed by atoms with Crippen LogP contribution in [0.25, 0.3) is 0 Å². The van der Waals surface area contributed by atoms with Crippen molar-refractivity contribution < 1.29 is 14.3 Å². The molecule has 1 saturated heterocycles. The number of piperidine rings is 1. The lowest BCUT2D eigenvalue weighted by atomic mass is 9.88. The second-order valence-electron chi connectivity index (χ2n) is 5.00. The Labute approximate surface area is 111 Å². The van der Waals surface area contributed by atoms with Gasteiger partial charge in [-0.2, -0.15) is 0 Å². The predicted octanol–water partition coefficient (Wildman–Crippen LogP) is 2.01. The first-order valence-electron chi connectivity index (χ1n) is 6.51. The zero-order valence-electron chi connectivity index (χ0n) is 11.2. The van der Waals surface area contributed by atoms with E-state index in [1.54, 1.807) is 11.8 Å². The molecule has 1 aliphatic rings. The van der Waals surface area contributed by atoms with Gasteiger partial charge in [-0.15, -0.1) is 0 Å². The molecule has 0 bridgehead atoms. The van der Waals surface area contributed by atoms with Gasteiger partial charge in [0.05, 0.1) is 5.69 Å². The van der Waals surface area contributed by atoms with Gasteiger partial charge in [-0.25, -0.2) is 19.2 Å². The Hall–Kier alpha value is -1.72. The maximum Gasteiger partial charge on any atom is 0.329 e. The van der Waals surface area contributed by atoms with Gasteiger partial charge in [-0.1, -0.05) is 6.92 Å². The monoisotopic (exact) mass is 267 g/mol. The van der Waals surface area contributed by atoms with Crippen molar-refractivity contribution in [1.82, 2.24) is 9.97 Å². The molecular weight excluding hydrogens is 249 g/mol. The summed E-state index contributed by atoms with van der Waals surface area (Å²) in [6.45, 7) is 3.93. The van der Waals surface area contributed by atoms with Gasteiger partial charge in [-0.05, 0) is 32.6 Å². The maximum atomic E-state index is 14.3. The Morgan fingerprint density at radius 1 is 1.53 bits per heavy atom. The minimum Gasteiger partial charge on any atom is -0.480 e. The summed E-state index contributed by atoms with van der Waals surface area (Å²) in [7, 11) is 0. The van der Waals surface area contributed by atoms with Crippen molar-refractivity contribution >= 4 is 11.8 Å². The average molecular weight is 267 g/mol. The van der Waals surface area contributed by atoms with Crippen LogP contribution in [0.1, 0.15) is 38.8 Å². The van der Waals surface area contributed by atoms with Crippen LogP contribution in [-0.2, 0) is 11.2 Å². The van der Waals surface area contributed by atoms with Crippen molar-refractivity contribution in [2.75, 3.05) is 11.4 Å². The van der Waals surface area contributed by atoms with Gasteiger partial charge in [0.25, 0.3) is 0 Å². The molecular formula is C13H18FN3O2. The zero-order chi connectivity index (χ0) is 14.0. The van der Waals surface area contributed by atoms with E-state index in [-0.39, 0.29) is 5.82 Å². The van der Waals surface area contributed by atoms with E-state index in [1.165, 1.54) is 6.33 Å². The van der Waals surface area contributed by atoms with E-state index < -0.39 is 17.3 Å². The van der Waals surface area contributed by atoms with Gasteiger partial charge in [0, 0.05) is 6.54 Å². The predicted molar refractivity (Wildman–Crippen MR) is 68.6 cm³/mol. The number of hydrogen-bond donors (Lipinski definition) is 1. The Bertz CT molecular complexity index is 495. The summed E-state index contributed by atoms with van der Waals surface area (Å²) in [5.41, 5.74) is -0.776. The van der Waals surface area contributed by atoms with Crippen molar-refractivity contribution in [2.24, 2.45) is 0 Å². The smallest absolute Gasteiger partial charge is 0.329 e. The molecule has 0 saturated carbocycles. The normalized spacial score (nSPS) is 23.4. The molecule has 1 aliphatic heterocycles. The molecule has 0 radical (unpaired) electrons. The summed E-state index contributed by atoms with van der Waals surface area (Å²) in [5.74, 6) is -1.33. The summed E-state index contributed by atoms with van der Waals surface area (Å²) in [6, 6.07) is 0. The van der Waals surface area contributed by atoms with Gasteiger partial charge in [-0.3, -0.25) is 0 Å². The highest BCUT2D eigenvalue weighted by atomic mass is 19.1. The molecule has 0 amide bonds. The number of aryl methyl sites for hydroxylation is 1. The zero-order valence-corrected chi connectivity index (χ0v) is 11.2. The van der Waals surface area contributed by atoms with Gasteiger partial charge in [0.15, 0.2) is 11.6 Å². The van der Waals surface area contributed by atoms with Crippen LogP contribution in [0, 0.1) is 5.82 Å². The van der Waals surface area contributed by atoms with Crippen molar-refractivity contribution in [3.8, 4) is 0 Å². The molecule has 2 rings (SSSR count). The molecule has 104 valence electrons. The highest BCUT2D eigenvalue weighted by molar-refractivity contribution is 5.83. The SMILES string of the molecule is CCc1ncnc(N2CCCCC2(C)C(=O)O)c1F. The summed E-state index contributed by atoms with van der Waals surface area (Å²) < 4.78 is 14.3. The quantitative estimate of drug-likeness (QED) is 0.907. The van der Waals surface area contributed by atoms with Crippen LogP contribution < -0.4 is 4.90 Å². The molecule has 6 heteroatoms. The largest absolute Gasteiger partial charge is 0.480 e. The van der Waals surface area contributed by atoms with Crippen molar-refractivity contribution in [3.63, 3.8) is 0 Å². The van der Waals surface area contributed by atoms with Crippen LogP contribution in [0.4, 0.5) is 10.2 Å². The highest BCUT2D eigenvalue weighted by Crippen LogP contribution is 2.33. The second-order valence-corrected chi connectivity index (χ2v) is 5.00. The van der Waals surface area contributed by atoms with E-state index in [0.29, 0.717) is 25.1 Å². The number of halogens is 1. The lowest BCUT2D eigenvalue weighted by Crippen LogP contribution is -2.56. The number of hydrogen-bond acceptors (Lipinski definition) is 4. The lowest BCUT2D eigenvalue weighted by Gasteiger charge is -2.42. The molecule has 1 atom stereocenters. The third-order valence-corrected chi connectivity index (χ3v) is 3.79. The first-order valence-corrected chi connectivity index (χ1v) is 6.51. The molecule has 1 aromatic heterocycles. The van der Waals surface area contributed by atoms with E-state index in [9.17, 15) is 14.3 Å². The van der Waals surface area contributed by atoms with Gasteiger partial charge in [0.1, 0.15) is 11.9 Å². The van der Waals surface area contributed by atoms with Crippen LogP contribution in [-0.4, -0.2) is 33.1 Å². The number of aromatic nitrogens is 2. The standard InChI is InChI=1S/C13H18FN3O2/c1-3-9-10(14)11(16-8-15-9)17-7-5-4-6-13(17,2)12(18)19/h8H,3-7H2,1-2H3,(H,18,19). The molecule has 1 fully saturated rings. The fourth-order valence-corrected chi connectivity index (χ4v) is 2.51. The summed E-state index contributed by atoms with van der Waals surface area (Å²) in [6.07, 6.45) is 3.92. The molecule has 19 heavy (non-hydrogen) atoms. The Balaban J connectivity index is 2.46. The molecule has 0 aliphatic carbocycles. The van der Waals surface area contributed by atoms with E-state index in [4.69, 9.17) is 0 Å². The molecule has 1 unspecified atom stereocenters. The highest BCUT2D eigenvalue weighted by Gasteiger charge is 2.43. The number of rotatable bonds is 3. The van der Waals surface area contributed by atoms with Crippen LogP contribution in [0.3, 0.4) is 0 Å². The minimum absolute atomic E-state index is 0.108. The Kier molecular flexibility index (Phi) is 3.68. The van der Waals surface area contributed by atoms with Gasteiger partial charge in [0.2, 0.25) is 0 Å². The van der Waals surface area contributed by atoms with Crippen molar-refractivity contribution in [1.29, 1.82) is 0 Å². The van der Waals surface area contributed by atoms with E-state index in [0.717, 1.165) is 12.8 Å². The van der Waals surface area contributed by atoms with E-state index in [2.05, 4.69) is 9.97 Å². The van der Waals surface area contributed by atoms with Crippen LogP contribution >= 0.6 is 0 Å². The number of carboxylic acid groups (broad SMARTS) is 1. The molecule has 1 N–H and O–H groups in total. The third-order valence-electron chi connectivity index (χ3n) is 3.79. The molecule has 1 aromatic rings. The lowest BCUT2D eigenvalue weighted by molar-refractivity contribution is -0.143. The third kappa shape index (κ3) is 2.27. The van der Waals surface area contributed by atoms with Crippen molar-refractivity contribution in [3.05, 3.63) is 17.8 Å². The topological polar surface area (TPSA) is 66.3 Å². The molecule has 2 heterocycles. The summed E-state index contributed by atoms with van der Waals surface area (Å²) in [4.78, 5) is 20.9. The van der Waals surface area contributed by atoms with E-state index in [1.807, 2.05) is 6.92 Å². The maximum absolute atomic E-state index is 14.3. The number of aliphatic carboxylic acids is 1. The first-order chi connectivity index (χ1) is 9.00. The van der Waals surface area contributed by atoms with Crippen LogP contribution in [0.15, 0.2) is 6.33 Å². The van der Waals surface area contributed by atoms with Crippen LogP contribution in [0.2, 0.25) is 0 Å². The van der Waals surface area contributed by atoms with Crippen LogP contribution in [0.5, 0.6) is 0 Å². The van der Waals surface area contributed by atoms with Crippen molar-refractivity contribution in [2.45, 2.75) is 45.1 Å². The molecule has 5 nitrogen and oxygen atoms in total. The number of carboxylic acids is 1. The Morgan fingerprint density at radius 2 is 2.26 bits per heavy atom. The van der Waals surface area contributed by atoms with E-state index >= 15 is 0 Å². The summed E-state index contributed by atoms with van der Waals surface area (Å²) >= 11 is 0. The van der Waals surface area contributed by atoms with Gasteiger partial charge >= 0.3 is 5.97 Å². The van der Waals surface area contributed by atoms with Gasteiger partial charge < -0.3 is 10.0 Å². The number of anilines is 1.